The first kappa shape index (κ1) is 19.7. The molecule has 3 aromatic rings. The number of fused-ring (bicyclic) bond motifs is 1. The Balaban J connectivity index is 1.48. The van der Waals surface area contributed by atoms with Gasteiger partial charge in [0.1, 0.15) is 11.6 Å². The van der Waals surface area contributed by atoms with Crippen molar-refractivity contribution in [2.45, 2.75) is 4.90 Å². The van der Waals surface area contributed by atoms with Crippen molar-refractivity contribution < 1.29 is 22.0 Å². The van der Waals surface area contributed by atoms with Crippen molar-refractivity contribution in [3.8, 4) is 0 Å². The van der Waals surface area contributed by atoms with E-state index in [1.165, 1.54) is 22.3 Å². The number of amides is 1. The van der Waals surface area contributed by atoms with Crippen LogP contribution in [-0.4, -0.2) is 56.6 Å². The van der Waals surface area contributed by atoms with E-state index in [9.17, 15) is 22.0 Å². The van der Waals surface area contributed by atoms with Crippen LogP contribution < -0.4 is 4.90 Å². The third kappa shape index (κ3) is 3.95. The highest BCUT2D eigenvalue weighted by molar-refractivity contribution is 7.90. The van der Waals surface area contributed by atoms with Crippen LogP contribution in [0.15, 0.2) is 41.3 Å². The zero-order valence-corrected chi connectivity index (χ0v) is 17.1. The second-order valence-electron chi connectivity index (χ2n) is 6.80. The molecule has 0 spiro atoms. The lowest BCUT2D eigenvalue weighted by Gasteiger charge is -2.34. The standard InChI is InChI=1S/C19H17F2N3O3S2/c1-29(26,27)13-3-5-16-17(11-13)28-19(22-16)24-8-6-23(7-9-24)18(25)14-4-2-12(20)10-15(14)21/h2-5,10-11H,6-9H2,1H3. The lowest BCUT2D eigenvalue weighted by atomic mass is 10.1. The molecular formula is C19H17F2N3O3S2. The summed E-state index contributed by atoms with van der Waals surface area (Å²) in [5.41, 5.74) is 0.567. The average molecular weight is 437 g/mol. The smallest absolute Gasteiger partial charge is 0.256 e. The molecule has 0 aliphatic carbocycles. The van der Waals surface area contributed by atoms with Crippen LogP contribution in [0.5, 0.6) is 0 Å². The van der Waals surface area contributed by atoms with Gasteiger partial charge in [-0.1, -0.05) is 11.3 Å². The maximum absolute atomic E-state index is 13.9. The molecular weight excluding hydrogens is 420 g/mol. The molecule has 0 radical (unpaired) electrons. The van der Waals surface area contributed by atoms with Crippen LogP contribution in [0, 0.1) is 11.6 Å². The SMILES string of the molecule is CS(=O)(=O)c1ccc2nc(N3CCN(C(=O)c4ccc(F)cc4F)CC3)sc2c1. The summed E-state index contributed by atoms with van der Waals surface area (Å²) in [6.07, 6.45) is 1.16. The number of halogens is 2. The quantitative estimate of drug-likeness (QED) is 0.630. The molecule has 1 amide bonds. The maximum Gasteiger partial charge on any atom is 0.256 e. The van der Waals surface area contributed by atoms with Gasteiger partial charge in [-0.05, 0) is 30.3 Å². The van der Waals surface area contributed by atoms with Gasteiger partial charge in [-0.2, -0.15) is 0 Å². The van der Waals surface area contributed by atoms with Crippen molar-refractivity contribution in [1.82, 2.24) is 9.88 Å². The molecule has 6 nitrogen and oxygen atoms in total. The van der Waals surface area contributed by atoms with Gasteiger partial charge in [0, 0.05) is 38.5 Å². The lowest BCUT2D eigenvalue weighted by molar-refractivity contribution is 0.0742. The zero-order chi connectivity index (χ0) is 20.8. The fourth-order valence-corrected chi connectivity index (χ4v) is 4.97. The number of nitrogens with zero attached hydrogens (tertiary/aromatic N) is 3. The van der Waals surface area contributed by atoms with E-state index in [1.54, 1.807) is 12.1 Å². The minimum absolute atomic E-state index is 0.145. The van der Waals surface area contributed by atoms with Crippen molar-refractivity contribution in [1.29, 1.82) is 0 Å². The van der Waals surface area contributed by atoms with E-state index in [0.29, 0.717) is 37.8 Å². The normalized spacial score (nSPS) is 15.1. The van der Waals surface area contributed by atoms with Crippen LogP contribution in [-0.2, 0) is 9.84 Å². The average Bonchev–Trinajstić information content (AvgIpc) is 3.10. The Bertz CT molecular complexity index is 1200. The summed E-state index contributed by atoms with van der Waals surface area (Å²) in [6, 6.07) is 7.76. The second-order valence-corrected chi connectivity index (χ2v) is 9.83. The largest absolute Gasteiger partial charge is 0.345 e. The zero-order valence-electron chi connectivity index (χ0n) is 15.4. The van der Waals surface area contributed by atoms with Crippen molar-refractivity contribution in [2.75, 3.05) is 37.3 Å². The van der Waals surface area contributed by atoms with Gasteiger partial charge in [-0.15, -0.1) is 0 Å². The van der Waals surface area contributed by atoms with Crippen molar-refractivity contribution in [2.24, 2.45) is 0 Å². The summed E-state index contributed by atoms with van der Waals surface area (Å²) in [6.45, 7) is 1.76. The number of piperazine rings is 1. The summed E-state index contributed by atoms with van der Waals surface area (Å²) in [4.78, 5) is 20.9. The Kier molecular flexibility index (Phi) is 4.99. The molecule has 4 rings (SSSR count). The highest BCUT2D eigenvalue weighted by atomic mass is 32.2. The molecule has 1 fully saturated rings. The molecule has 2 aromatic carbocycles. The number of rotatable bonds is 3. The van der Waals surface area contributed by atoms with E-state index < -0.39 is 27.4 Å². The number of hydrogen-bond acceptors (Lipinski definition) is 6. The Labute approximate surface area is 170 Å². The minimum atomic E-state index is -3.29. The lowest BCUT2D eigenvalue weighted by Crippen LogP contribution is -2.49. The molecule has 1 aliphatic rings. The molecule has 1 aromatic heterocycles. The molecule has 1 saturated heterocycles. The van der Waals surface area contributed by atoms with Crippen LogP contribution in [0.2, 0.25) is 0 Å². The van der Waals surface area contributed by atoms with Crippen LogP contribution in [0.1, 0.15) is 10.4 Å². The maximum atomic E-state index is 13.9. The summed E-state index contributed by atoms with van der Waals surface area (Å²) < 4.78 is 51.2. The van der Waals surface area contributed by atoms with E-state index in [-0.39, 0.29) is 10.5 Å². The molecule has 0 unspecified atom stereocenters. The third-order valence-electron chi connectivity index (χ3n) is 4.78. The topological polar surface area (TPSA) is 70.6 Å². The summed E-state index contributed by atoms with van der Waals surface area (Å²) in [5.74, 6) is -2.06. The van der Waals surface area contributed by atoms with E-state index in [0.717, 1.165) is 28.2 Å². The highest BCUT2D eigenvalue weighted by Gasteiger charge is 2.26. The molecule has 10 heteroatoms. The summed E-state index contributed by atoms with van der Waals surface area (Å²) >= 11 is 1.39. The van der Waals surface area contributed by atoms with Gasteiger partial charge in [-0.3, -0.25) is 4.79 Å². The van der Waals surface area contributed by atoms with Crippen LogP contribution in [0.3, 0.4) is 0 Å². The van der Waals surface area contributed by atoms with E-state index >= 15 is 0 Å². The molecule has 1 aliphatic heterocycles. The molecule has 0 N–H and O–H groups in total. The van der Waals surface area contributed by atoms with Crippen molar-refractivity contribution >= 4 is 42.4 Å². The number of thiazole rings is 1. The number of carbonyl (C=O) groups is 1. The Morgan fingerprint density at radius 1 is 1.07 bits per heavy atom. The predicted molar refractivity (Wildman–Crippen MR) is 107 cm³/mol. The molecule has 2 heterocycles. The van der Waals surface area contributed by atoms with Gasteiger partial charge in [0.05, 0.1) is 20.7 Å². The minimum Gasteiger partial charge on any atom is -0.345 e. The Morgan fingerprint density at radius 2 is 1.79 bits per heavy atom. The van der Waals surface area contributed by atoms with Crippen molar-refractivity contribution in [3.63, 3.8) is 0 Å². The van der Waals surface area contributed by atoms with Gasteiger partial charge in [-0.25, -0.2) is 22.2 Å². The summed E-state index contributed by atoms with van der Waals surface area (Å²) in [5, 5.41) is 0.741. The van der Waals surface area contributed by atoms with Gasteiger partial charge in [0.15, 0.2) is 15.0 Å². The molecule has 0 bridgehead atoms. The fourth-order valence-electron chi connectivity index (χ4n) is 3.19. The van der Waals surface area contributed by atoms with Crippen LogP contribution in [0.4, 0.5) is 13.9 Å². The first-order valence-electron chi connectivity index (χ1n) is 8.82. The van der Waals surface area contributed by atoms with Crippen molar-refractivity contribution in [3.05, 3.63) is 53.6 Å². The number of anilines is 1. The number of carbonyl (C=O) groups excluding carboxylic acids is 1. The first-order chi connectivity index (χ1) is 13.7. The van der Waals surface area contributed by atoms with Gasteiger partial charge >= 0.3 is 0 Å². The van der Waals surface area contributed by atoms with E-state index in [1.807, 2.05) is 4.90 Å². The number of hydrogen-bond donors (Lipinski definition) is 0. The molecule has 152 valence electrons. The molecule has 0 atom stereocenters. The number of benzene rings is 2. The predicted octanol–water partition coefficient (Wildman–Crippen LogP) is 2.94. The molecule has 29 heavy (non-hydrogen) atoms. The fraction of sp³-hybridized carbons (Fsp3) is 0.263. The van der Waals surface area contributed by atoms with Gasteiger partial charge in [0.25, 0.3) is 5.91 Å². The highest BCUT2D eigenvalue weighted by Crippen LogP contribution is 2.31. The monoisotopic (exact) mass is 437 g/mol. The Morgan fingerprint density at radius 3 is 2.45 bits per heavy atom. The van der Waals surface area contributed by atoms with E-state index in [2.05, 4.69) is 4.98 Å². The Hall–Kier alpha value is -2.59. The second kappa shape index (κ2) is 7.34. The van der Waals surface area contributed by atoms with Crippen LogP contribution >= 0.6 is 11.3 Å². The third-order valence-corrected chi connectivity index (χ3v) is 6.96. The first-order valence-corrected chi connectivity index (χ1v) is 11.5. The van der Waals surface area contributed by atoms with E-state index in [4.69, 9.17) is 0 Å². The number of sulfone groups is 1. The van der Waals surface area contributed by atoms with Crippen LogP contribution in [0.25, 0.3) is 10.2 Å². The van der Waals surface area contributed by atoms with Gasteiger partial charge < -0.3 is 9.80 Å². The van der Waals surface area contributed by atoms with Gasteiger partial charge in [0.2, 0.25) is 0 Å². The summed E-state index contributed by atoms with van der Waals surface area (Å²) in [7, 11) is -3.29. The number of aromatic nitrogens is 1. The molecule has 0 saturated carbocycles.